The Labute approximate surface area is 76.5 Å². The molecule has 0 saturated heterocycles. The molecule has 0 aromatic carbocycles. The van der Waals surface area contributed by atoms with Crippen molar-refractivity contribution in [1.29, 1.82) is 0 Å². The maximum atomic E-state index is 11.9. The van der Waals surface area contributed by atoms with E-state index in [0.717, 1.165) is 6.92 Å². The number of halogens is 3. The van der Waals surface area contributed by atoms with Gasteiger partial charge in [0.2, 0.25) is 0 Å². The van der Waals surface area contributed by atoms with E-state index >= 15 is 0 Å². The van der Waals surface area contributed by atoms with Gasteiger partial charge in [-0.1, -0.05) is 6.92 Å². The summed E-state index contributed by atoms with van der Waals surface area (Å²) in [6, 6.07) is 0. The summed E-state index contributed by atoms with van der Waals surface area (Å²) in [7, 11) is 1.75. The second-order valence-corrected chi connectivity index (χ2v) is 3.18. The van der Waals surface area contributed by atoms with Crippen LogP contribution in [0.1, 0.15) is 13.8 Å². The number of nitrogens with one attached hydrogen (secondary N) is 1. The van der Waals surface area contributed by atoms with E-state index in [0.29, 0.717) is 6.54 Å². The first-order chi connectivity index (χ1) is 5.88. The van der Waals surface area contributed by atoms with Crippen molar-refractivity contribution in [3.05, 3.63) is 0 Å². The fraction of sp³-hybridized carbons (Fsp3) is 1.00. The van der Waals surface area contributed by atoms with Gasteiger partial charge < -0.3 is 10.1 Å². The Balaban J connectivity index is 3.63. The highest BCUT2D eigenvalue weighted by Gasteiger charge is 2.36. The molecule has 0 rings (SSSR count). The van der Waals surface area contributed by atoms with E-state index in [9.17, 15) is 13.2 Å². The maximum Gasteiger partial charge on any atom is 0.414 e. The van der Waals surface area contributed by atoms with Gasteiger partial charge in [0.25, 0.3) is 0 Å². The Kier molecular flexibility index (Phi) is 5.32. The van der Waals surface area contributed by atoms with Crippen LogP contribution in [0.2, 0.25) is 0 Å². The van der Waals surface area contributed by atoms with E-state index in [1.165, 1.54) is 0 Å². The molecule has 0 aliphatic heterocycles. The van der Waals surface area contributed by atoms with Crippen molar-refractivity contribution >= 4 is 0 Å². The highest BCUT2D eigenvalue weighted by Crippen LogP contribution is 2.22. The molecule has 13 heavy (non-hydrogen) atoms. The lowest BCUT2D eigenvalue weighted by atomic mass is 10.2. The standard InChI is InChI=1S/C8H16F3NO/c1-6(4-12-3)5-13-7(2)8(9,10)11/h6-7,12H,4-5H2,1-3H3. The third-order valence-electron chi connectivity index (χ3n) is 1.64. The minimum absolute atomic E-state index is 0.0924. The van der Waals surface area contributed by atoms with E-state index < -0.39 is 12.3 Å². The van der Waals surface area contributed by atoms with Gasteiger partial charge in [-0.15, -0.1) is 0 Å². The zero-order valence-corrected chi connectivity index (χ0v) is 8.11. The van der Waals surface area contributed by atoms with E-state index in [4.69, 9.17) is 0 Å². The second kappa shape index (κ2) is 5.44. The molecule has 0 aromatic rings. The Morgan fingerprint density at radius 1 is 1.31 bits per heavy atom. The van der Waals surface area contributed by atoms with Crippen LogP contribution in [0, 0.1) is 5.92 Å². The zero-order valence-electron chi connectivity index (χ0n) is 8.11. The molecule has 0 saturated carbocycles. The third kappa shape index (κ3) is 5.87. The van der Waals surface area contributed by atoms with Gasteiger partial charge in [0, 0.05) is 0 Å². The van der Waals surface area contributed by atoms with Crippen molar-refractivity contribution in [3.63, 3.8) is 0 Å². The molecule has 0 radical (unpaired) electrons. The fourth-order valence-electron chi connectivity index (χ4n) is 0.810. The van der Waals surface area contributed by atoms with Crippen molar-refractivity contribution in [2.24, 2.45) is 5.92 Å². The summed E-state index contributed by atoms with van der Waals surface area (Å²) < 4.78 is 40.5. The summed E-state index contributed by atoms with van der Waals surface area (Å²) >= 11 is 0. The molecule has 0 aromatic heterocycles. The molecular weight excluding hydrogens is 183 g/mol. The van der Waals surface area contributed by atoms with Crippen LogP contribution in [-0.4, -0.2) is 32.5 Å². The Morgan fingerprint density at radius 3 is 2.23 bits per heavy atom. The van der Waals surface area contributed by atoms with E-state index in [1.54, 1.807) is 7.05 Å². The minimum Gasteiger partial charge on any atom is -0.369 e. The number of rotatable bonds is 5. The molecule has 0 fully saturated rings. The van der Waals surface area contributed by atoms with Crippen LogP contribution in [0.5, 0.6) is 0 Å². The van der Waals surface area contributed by atoms with Crippen molar-refractivity contribution in [2.45, 2.75) is 26.1 Å². The van der Waals surface area contributed by atoms with E-state index in [1.807, 2.05) is 6.92 Å². The van der Waals surface area contributed by atoms with Crippen LogP contribution in [-0.2, 0) is 4.74 Å². The van der Waals surface area contributed by atoms with Crippen molar-refractivity contribution in [2.75, 3.05) is 20.2 Å². The van der Waals surface area contributed by atoms with Gasteiger partial charge in [-0.05, 0) is 26.4 Å². The normalized spacial score (nSPS) is 17.1. The van der Waals surface area contributed by atoms with Crippen LogP contribution in [0.25, 0.3) is 0 Å². The third-order valence-corrected chi connectivity index (χ3v) is 1.64. The monoisotopic (exact) mass is 199 g/mol. The molecule has 0 bridgehead atoms. The van der Waals surface area contributed by atoms with Crippen molar-refractivity contribution < 1.29 is 17.9 Å². The lowest BCUT2D eigenvalue weighted by Gasteiger charge is -2.18. The van der Waals surface area contributed by atoms with Crippen molar-refractivity contribution in [3.8, 4) is 0 Å². The molecule has 2 atom stereocenters. The number of hydrogen-bond acceptors (Lipinski definition) is 2. The van der Waals surface area contributed by atoms with Crippen LogP contribution in [0.4, 0.5) is 13.2 Å². The first-order valence-corrected chi connectivity index (χ1v) is 4.20. The lowest BCUT2D eigenvalue weighted by molar-refractivity contribution is -0.216. The van der Waals surface area contributed by atoms with Gasteiger partial charge in [-0.25, -0.2) is 0 Å². The largest absolute Gasteiger partial charge is 0.414 e. The Hall–Kier alpha value is -0.290. The van der Waals surface area contributed by atoms with Gasteiger partial charge in [0.05, 0.1) is 6.61 Å². The molecule has 0 aliphatic carbocycles. The van der Waals surface area contributed by atoms with Gasteiger partial charge in [-0.3, -0.25) is 0 Å². The van der Waals surface area contributed by atoms with Crippen LogP contribution >= 0.6 is 0 Å². The van der Waals surface area contributed by atoms with E-state index in [-0.39, 0.29) is 12.5 Å². The van der Waals surface area contributed by atoms with Gasteiger partial charge in [-0.2, -0.15) is 13.2 Å². The van der Waals surface area contributed by atoms with Crippen LogP contribution in [0.15, 0.2) is 0 Å². The average molecular weight is 199 g/mol. The second-order valence-electron chi connectivity index (χ2n) is 3.18. The predicted molar refractivity (Wildman–Crippen MR) is 44.6 cm³/mol. The molecule has 0 aliphatic rings. The molecule has 2 nitrogen and oxygen atoms in total. The SMILES string of the molecule is CNCC(C)COC(C)C(F)(F)F. The molecule has 2 unspecified atom stereocenters. The number of ether oxygens (including phenoxy) is 1. The lowest BCUT2D eigenvalue weighted by Crippen LogP contribution is -2.31. The smallest absolute Gasteiger partial charge is 0.369 e. The molecule has 0 amide bonds. The molecule has 80 valence electrons. The van der Waals surface area contributed by atoms with Crippen molar-refractivity contribution in [1.82, 2.24) is 5.32 Å². The fourth-order valence-corrected chi connectivity index (χ4v) is 0.810. The maximum absolute atomic E-state index is 11.9. The summed E-state index contributed by atoms with van der Waals surface area (Å²) in [5, 5.41) is 2.87. The molecule has 1 N–H and O–H groups in total. The van der Waals surface area contributed by atoms with Gasteiger partial charge in [0.15, 0.2) is 6.10 Å². The van der Waals surface area contributed by atoms with Crippen LogP contribution in [0.3, 0.4) is 0 Å². The molecule has 0 spiro atoms. The summed E-state index contributed by atoms with van der Waals surface area (Å²) in [6.45, 7) is 3.64. The van der Waals surface area contributed by atoms with Gasteiger partial charge >= 0.3 is 6.18 Å². The Morgan fingerprint density at radius 2 is 1.85 bits per heavy atom. The van der Waals surface area contributed by atoms with Crippen LogP contribution < -0.4 is 5.32 Å². The number of hydrogen-bond donors (Lipinski definition) is 1. The first-order valence-electron chi connectivity index (χ1n) is 4.20. The summed E-state index contributed by atoms with van der Waals surface area (Å²) in [4.78, 5) is 0. The Bertz CT molecular complexity index is 138. The molecular formula is C8H16F3NO. The zero-order chi connectivity index (χ0) is 10.5. The summed E-state index contributed by atoms with van der Waals surface area (Å²) in [5.41, 5.74) is 0. The first kappa shape index (κ1) is 12.7. The molecule has 0 heterocycles. The van der Waals surface area contributed by atoms with Gasteiger partial charge in [0.1, 0.15) is 0 Å². The highest BCUT2D eigenvalue weighted by molar-refractivity contribution is 4.62. The topological polar surface area (TPSA) is 21.3 Å². The van der Waals surface area contributed by atoms with E-state index in [2.05, 4.69) is 10.1 Å². The molecule has 5 heteroatoms. The quantitative estimate of drug-likeness (QED) is 0.729. The predicted octanol–water partition coefficient (Wildman–Crippen LogP) is 1.81. The minimum atomic E-state index is -4.25. The average Bonchev–Trinajstić information content (AvgIpc) is 1.99. The highest BCUT2D eigenvalue weighted by atomic mass is 19.4. The number of alkyl halides is 3. The summed E-state index contributed by atoms with van der Waals surface area (Å²) in [6.07, 6.45) is -5.92. The summed E-state index contributed by atoms with van der Waals surface area (Å²) in [5.74, 6) is 0.0924.